The first-order valence-electron chi connectivity index (χ1n) is 3.04. The first kappa shape index (κ1) is 9.39. The van der Waals surface area contributed by atoms with Gasteiger partial charge in [0.25, 0.3) is 0 Å². The van der Waals surface area contributed by atoms with Crippen LogP contribution in [0.4, 0.5) is 0 Å². The zero-order valence-electron chi connectivity index (χ0n) is 6.16. The summed E-state index contributed by atoms with van der Waals surface area (Å²) in [6, 6.07) is 0. The van der Waals surface area contributed by atoms with E-state index in [1.54, 1.807) is 6.92 Å². The van der Waals surface area contributed by atoms with E-state index in [0.717, 1.165) is 0 Å². The van der Waals surface area contributed by atoms with Gasteiger partial charge in [0, 0.05) is 0 Å². The van der Waals surface area contributed by atoms with Crippen LogP contribution in [-0.2, 0) is 14.6 Å². The molecule has 1 N–H and O–H groups in total. The minimum absolute atomic E-state index is 0.00236. The quantitative estimate of drug-likeness (QED) is 0.460. The molecule has 0 spiro atoms. The summed E-state index contributed by atoms with van der Waals surface area (Å²) >= 11 is 0. The van der Waals surface area contributed by atoms with Gasteiger partial charge in [0.2, 0.25) is 0 Å². The summed E-state index contributed by atoms with van der Waals surface area (Å²) in [6.45, 7) is 2.11. The van der Waals surface area contributed by atoms with Crippen molar-refractivity contribution >= 4 is 5.97 Å². The van der Waals surface area contributed by atoms with Gasteiger partial charge in [-0.05, 0) is 5.92 Å². The first-order chi connectivity index (χ1) is 4.66. The molecule has 0 aromatic heterocycles. The predicted octanol–water partition coefficient (Wildman–Crippen LogP) is 0.675. The van der Waals surface area contributed by atoms with Crippen molar-refractivity contribution in [1.82, 2.24) is 0 Å². The fourth-order valence-electron chi connectivity index (χ4n) is 0.541. The number of hydrogen-bond acceptors (Lipinski definition) is 3. The molecule has 4 heteroatoms. The number of carboxylic acid groups (broad SMARTS) is 1. The van der Waals surface area contributed by atoms with Gasteiger partial charge in [-0.1, -0.05) is 6.92 Å². The zero-order chi connectivity index (χ0) is 7.98. The highest BCUT2D eigenvalue weighted by Crippen LogP contribution is 2.01. The number of rotatable bonds is 5. The molecule has 10 heavy (non-hydrogen) atoms. The van der Waals surface area contributed by atoms with Gasteiger partial charge in [-0.2, -0.15) is 0 Å². The zero-order valence-corrected chi connectivity index (χ0v) is 6.16. The standard InChI is InChI=1S/C6H12O4/c1-5(3-6(7)8)4-10-9-2/h5H,3-4H2,1-2H3,(H,7,8). The molecular formula is C6H12O4. The topological polar surface area (TPSA) is 55.8 Å². The molecule has 0 bridgehead atoms. The van der Waals surface area contributed by atoms with Crippen LogP contribution in [0.1, 0.15) is 13.3 Å². The van der Waals surface area contributed by atoms with E-state index >= 15 is 0 Å². The maximum absolute atomic E-state index is 10.1. The molecule has 0 amide bonds. The molecule has 0 aliphatic heterocycles. The Balaban J connectivity index is 3.25. The molecule has 0 fully saturated rings. The van der Waals surface area contributed by atoms with Crippen LogP contribution in [0, 0.1) is 5.92 Å². The summed E-state index contributed by atoms with van der Waals surface area (Å²) in [5.74, 6) is -0.815. The van der Waals surface area contributed by atoms with Crippen LogP contribution in [-0.4, -0.2) is 24.8 Å². The van der Waals surface area contributed by atoms with Crippen molar-refractivity contribution in [1.29, 1.82) is 0 Å². The molecular weight excluding hydrogens is 136 g/mol. The molecule has 0 aliphatic carbocycles. The van der Waals surface area contributed by atoms with Gasteiger partial charge in [0.1, 0.15) is 0 Å². The molecule has 0 saturated carbocycles. The van der Waals surface area contributed by atoms with E-state index in [1.807, 2.05) is 0 Å². The maximum Gasteiger partial charge on any atom is 0.303 e. The number of aliphatic carboxylic acids is 1. The molecule has 0 aromatic carbocycles. The summed E-state index contributed by atoms with van der Waals surface area (Å²) in [5.41, 5.74) is 0. The van der Waals surface area contributed by atoms with Crippen molar-refractivity contribution in [2.75, 3.05) is 13.7 Å². The minimum Gasteiger partial charge on any atom is -0.481 e. The first-order valence-corrected chi connectivity index (χ1v) is 3.04. The molecule has 60 valence electrons. The minimum atomic E-state index is -0.813. The van der Waals surface area contributed by atoms with Crippen LogP contribution >= 0.6 is 0 Å². The van der Waals surface area contributed by atoms with Gasteiger partial charge in [-0.3, -0.25) is 4.79 Å². The smallest absolute Gasteiger partial charge is 0.303 e. The molecule has 1 atom stereocenters. The van der Waals surface area contributed by atoms with Crippen LogP contribution < -0.4 is 0 Å². The monoisotopic (exact) mass is 148 g/mol. The Bertz CT molecular complexity index is 102. The molecule has 0 radical (unpaired) electrons. The van der Waals surface area contributed by atoms with E-state index < -0.39 is 5.97 Å². The van der Waals surface area contributed by atoms with Gasteiger partial charge in [-0.15, -0.1) is 0 Å². The second-order valence-corrected chi connectivity index (χ2v) is 2.15. The Morgan fingerprint density at radius 2 is 2.30 bits per heavy atom. The Labute approximate surface area is 59.7 Å². The summed E-state index contributed by atoms with van der Waals surface area (Å²) in [6.07, 6.45) is 0.114. The van der Waals surface area contributed by atoms with Crippen molar-refractivity contribution in [3.63, 3.8) is 0 Å². The van der Waals surface area contributed by atoms with E-state index in [1.165, 1.54) is 7.11 Å². The summed E-state index contributed by atoms with van der Waals surface area (Å²) < 4.78 is 0. The summed E-state index contributed by atoms with van der Waals surface area (Å²) in [4.78, 5) is 18.9. The van der Waals surface area contributed by atoms with Crippen molar-refractivity contribution in [2.24, 2.45) is 5.92 Å². The number of carboxylic acids is 1. The summed E-state index contributed by atoms with van der Waals surface area (Å²) in [5, 5.41) is 8.29. The van der Waals surface area contributed by atoms with Gasteiger partial charge in [-0.25, -0.2) is 9.78 Å². The molecule has 0 aliphatic rings. The predicted molar refractivity (Wildman–Crippen MR) is 34.4 cm³/mol. The fraction of sp³-hybridized carbons (Fsp3) is 0.833. The van der Waals surface area contributed by atoms with E-state index in [9.17, 15) is 4.79 Å². The highest BCUT2D eigenvalue weighted by Gasteiger charge is 2.06. The molecule has 0 rings (SSSR count). The molecule has 0 saturated heterocycles. The second-order valence-electron chi connectivity index (χ2n) is 2.15. The van der Waals surface area contributed by atoms with Gasteiger partial charge >= 0.3 is 5.97 Å². The third-order valence-corrected chi connectivity index (χ3v) is 0.993. The lowest BCUT2D eigenvalue weighted by molar-refractivity contribution is -0.279. The molecule has 0 aromatic rings. The Kier molecular flexibility index (Phi) is 4.88. The van der Waals surface area contributed by atoms with E-state index in [2.05, 4.69) is 9.78 Å². The average Bonchev–Trinajstić information content (AvgIpc) is 1.82. The lowest BCUT2D eigenvalue weighted by Gasteiger charge is -2.05. The Hall–Kier alpha value is -0.610. The molecule has 0 heterocycles. The highest BCUT2D eigenvalue weighted by molar-refractivity contribution is 5.66. The van der Waals surface area contributed by atoms with Crippen molar-refractivity contribution in [3.8, 4) is 0 Å². The third-order valence-electron chi connectivity index (χ3n) is 0.993. The van der Waals surface area contributed by atoms with Crippen molar-refractivity contribution in [3.05, 3.63) is 0 Å². The highest BCUT2D eigenvalue weighted by atomic mass is 17.2. The van der Waals surface area contributed by atoms with Crippen LogP contribution in [0.3, 0.4) is 0 Å². The Morgan fingerprint density at radius 1 is 1.70 bits per heavy atom. The number of carbonyl (C=O) groups is 1. The third kappa shape index (κ3) is 5.53. The average molecular weight is 148 g/mol. The van der Waals surface area contributed by atoms with Gasteiger partial charge < -0.3 is 5.11 Å². The van der Waals surface area contributed by atoms with Crippen LogP contribution in [0.15, 0.2) is 0 Å². The van der Waals surface area contributed by atoms with Gasteiger partial charge in [0.05, 0.1) is 20.1 Å². The van der Waals surface area contributed by atoms with E-state index in [-0.39, 0.29) is 12.3 Å². The molecule has 4 nitrogen and oxygen atoms in total. The lowest BCUT2D eigenvalue weighted by Crippen LogP contribution is -2.10. The largest absolute Gasteiger partial charge is 0.481 e. The van der Waals surface area contributed by atoms with Crippen molar-refractivity contribution < 1.29 is 19.7 Å². The van der Waals surface area contributed by atoms with Crippen LogP contribution in [0.5, 0.6) is 0 Å². The SMILES string of the molecule is COOCC(C)CC(=O)O. The maximum atomic E-state index is 10.1. The normalized spacial score (nSPS) is 13.0. The Morgan fingerprint density at radius 3 is 2.70 bits per heavy atom. The van der Waals surface area contributed by atoms with Crippen LogP contribution in [0.2, 0.25) is 0 Å². The summed E-state index contributed by atoms with van der Waals surface area (Å²) in [7, 11) is 1.40. The molecule has 1 unspecified atom stereocenters. The van der Waals surface area contributed by atoms with Crippen LogP contribution in [0.25, 0.3) is 0 Å². The second kappa shape index (κ2) is 5.20. The fourth-order valence-corrected chi connectivity index (χ4v) is 0.541. The number of hydrogen-bond donors (Lipinski definition) is 1. The van der Waals surface area contributed by atoms with Crippen molar-refractivity contribution in [2.45, 2.75) is 13.3 Å². The van der Waals surface area contributed by atoms with E-state index in [0.29, 0.717) is 6.61 Å². The lowest BCUT2D eigenvalue weighted by atomic mass is 10.1. The van der Waals surface area contributed by atoms with Gasteiger partial charge in [0.15, 0.2) is 0 Å². The van der Waals surface area contributed by atoms with E-state index in [4.69, 9.17) is 5.11 Å².